The first kappa shape index (κ1) is 13.3. The van der Waals surface area contributed by atoms with Crippen LogP contribution in [0.2, 0.25) is 0 Å². The number of hydrogen-bond acceptors (Lipinski definition) is 4. The zero-order valence-corrected chi connectivity index (χ0v) is 10.8. The summed E-state index contributed by atoms with van der Waals surface area (Å²) in [4.78, 5) is 2.44. The van der Waals surface area contributed by atoms with Crippen molar-refractivity contribution >= 4 is 0 Å². The minimum absolute atomic E-state index is 0.128. The van der Waals surface area contributed by atoms with Crippen molar-refractivity contribution in [2.24, 2.45) is 5.92 Å². The number of nitrogens with zero attached hydrogens (tertiary/aromatic N) is 1. The second-order valence-electron chi connectivity index (χ2n) is 5.04. The Labute approximate surface area is 104 Å². The van der Waals surface area contributed by atoms with Crippen LogP contribution in [0.15, 0.2) is 0 Å². The molecule has 100 valence electrons. The lowest BCUT2D eigenvalue weighted by molar-refractivity contribution is -0.0577. The van der Waals surface area contributed by atoms with E-state index in [9.17, 15) is 5.11 Å². The Hall–Kier alpha value is -0.160. The third-order valence-electron chi connectivity index (χ3n) is 4.03. The molecular weight excluding hydrogens is 218 g/mol. The molecule has 1 aliphatic carbocycles. The molecule has 0 radical (unpaired) electrons. The summed E-state index contributed by atoms with van der Waals surface area (Å²) in [7, 11) is 0. The standard InChI is InChI=1S/C13H25NO3/c1-2-16-8-6-14-7-9-17-10-12(14)11-4-3-5-13(11)15/h11-13,15H,2-10H2,1H3. The third-order valence-corrected chi connectivity index (χ3v) is 4.03. The van der Waals surface area contributed by atoms with Gasteiger partial charge in [0.05, 0.1) is 25.9 Å². The first-order chi connectivity index (χ1) is 8.33. The maximum absolute atomic E-state index is 10.0. The van der Waals surface area contributed by atoms with Gasteiger partial charge in [0, 0.05) is 31.7 Å². The molecule has 2 rings (SSSR count). The number of rotatable bonds is 5. The van der Waals surface area contributed by atoms with Gasteiger partial charge in [-0.15, -0.1) is 0 Å². The van der Waals surface area contributed by atoms with Gasteiger partial charge >= 0.3 is 0 Å². The molecule has 1 aliphatic heterocycles. The van der Waals surface area contributed by atoms with Gasteiger partial charge in [0.2, 0.25) is 0 Å². The largest absolute Gasteiger partial charge is 0.393 e. The minimum Gasteiger partial charge on any atom is -0.393 e. The van der Waals surface area contributed by atoms with E-state index in [0.717, 1.165) is 58.8 Å². The predicted octanol–water partition coefficient (Wildman–Crippen LogP) is 0.885. The van der Waals surface area contributed by atoms with Gasteiger partial charge in [-0.05, 0) is 19.8 Å². The van der Waals surface area contributed by atoms with Crippen molar-refractivity contribution in [2.45, 2.75) is 38.3 Å². The summed E-state index contributed by atoms with van der Waals surface area (Å²) in [5, 5.41) is 10.0. The lowest BCUT2D eigenvalue weighted by atomic mass is 9.94. The van der Waals surface area contributed by atoms with Crippen molar-refractivity contribution in [3.05, 3.63) is 0 Å². The van der Waals surface area contributed by atoms with E-state index in [1.54, 1.807) is 0 Å². The summed E-state index contributed by atoms with van der Waals surface area (Å²) in [5.74, 6) is 0.400. The fourth-order valence-corrected chi connectivity index (χ4v) is 3.07. The van der Waals surface area contributed by atoms with Crippen LogP contribution in [0.5, 0.6) is 0 Å². The van der Waals surface area contributed by atoms with Crippen LogP contribution < -0.4 is 0 Å². The molecule has 17 heavy (non-hydrogen) atoms. The zero-order chi connectivity index (χ0) is 12.1. The second kappa shape index (κ2) is 6.69. The SMILES string of the molecule is CCOCCN1CCOCC1C1CCCC1O. The first-order valence-corrected chi connectivity index (χ1v) is 6.90. The quantitative estimate of drug-likeness (QED) is 0.728. The summed E-state index contributed by atoms with van der Waals surface area (Å²) in [6.07, 6.45) is 3.12. The molecule has 1 heterocycles. The van der Waals surface area contributed by atoms with Crippen molar-refractivity contribution in [2.75, 3.05) is 39.5 Å². The molecule has 0 bridgehead atoms. The fraction of sp³-hybridized carbons (Fsp3) is 1.00. The summed E-state index contributed by atoms with van der Waals surface area (Å²) in [6.45, 7) is 7.11. The van der Waals surface area contributed by atoms with Crippen LogP contribution in [0.25, 0.3) is 0 Å². The molecule has 1 saturated carbocycles. The van der Waals surface area contributed by atoms with Crippen LogP contribution in [0.1, 0.15) is 26.2 Å². The van der Waals surface area contributed by atoms with E-state index in [0.29, 0.717) is 12.0 Å². The fourth-order valence-electron chi connectivity index (χ4n) is 3.07. The van der Waals surface area contributed by atoms with E-state index in [4.69, 9.17) is 9.47 Å². The van der Waals surface area contributed by atoms with Gasteiger partial charge in [-0.25, -0.2) is 0 Å². The second-order valence-corrected chi connectivity index (χ2v) is 5.04. The highest BCUT2D eigenvalue weighted by atomic mass is 16.5. The lowest BCUT2D eigenvalue weighted by Crippen LogP contribution is -2.52. The summed E-state index contributed by atoms with van der Waals surface area (Å²) >= 11 is 0. The molecule has 4 nitrogen and oxygen atoms in total. The Balaban J connectivity index is 1.87. The van der Waals surface area contributed by atoms with E-state index in [-0.39, 0.29) is 6.10 Å². The molecule has 2 aliphatic rings. The minimum atomic E-state index is -0.128. The van der Waals surface area contributed by atoms with Gasteiger partial charge in [0.25, 0.3) is 0 Å². The average Bonchev–Trinajstić information content (AvgIpc) is 2.76. The van der Waals surface area contributed by atoms with E-state index in [1.165, 1.54) is 0 Å². The van der Waals surface area contributed by atoms with Crippen LogP contribution in [-0.4, -0.2) is 61.7 Å². The van der Waals surface area contributed by atoms with Gasteiger partial charge < -0.3 is 14.6 Å². The van der Waals surface area contributed by atoms with Gasteiger partial charge in [-0.1, -0.05) is 6.42 Å². The van der Waals surface area contributed by atoms with Crippen molar-refractivity contribution in [3.63, 3.8) is 0 Å². The van der Waals surface area contributed by atoms with Crippen molar-refractivity contribution in [3.8, 4) is 0 Å². The monoisotopic (exact) mass is 243 g/mol. The van der Waals surface area contributed by atoms with Crippen LogP contribution in [-0.2, 0) is 9.47 Å². The van der Waals surface area contributed by atoms with E-state index in [1.807, 2.05) is 6.92 Å². The van der Waals surface area contributed by atoms with Crippen LogP contribution in [0.4, 0.5) is 0 Å². The smallest absolute Gasteiger partial charge is 0.0626 e. The lowest BCUT2D eigenvalue weighted by Gasteiger charge is -2.40. The van der Waals surface area contributed by atoms with Crippen molar-refractivity contribution in [1.29, 1.82) is 0 Å². The summed E-state index contributed by atoms with van der Waals surface area (Å²) < 4.78 is 11.0. The van der Waals surface area contributed by atoms with E-state index in [2.05, 4.69) is 4.90 Å². The molecule has 1 saturated heterocycles. The molecule has 0 amide bonds. The Kier molecular flexibility index (Phi) is 5.22. The van der Waals surface area contributed by atoms with Gasteiger partial charge in [0.1, 0.15) is 0 Å². The number of ether oxygens (including phenoxy) is 2. The van der Waals surface area contributed by atoms with Crippen LogP contribution >= 0.6 is 0 Å². The summed E-state index contributed by atoms with van der Waals surface area (Å²) in [6, 6.07) is 0.390. The van der Waals surface area contributed by atoms with Crippen molar-refractivity contribution in [1.82, 2.24) is 4.90 Å². The maximum Gasteiger partial charge on any atom is 0.0626 e. The van der Waals surface area contributed by atoms with E-state index < -0.39 is 0 Å². The molecule has 0 spiro atoms. The van der Waals surface area contributed by atoms with Gasteiger partial charge in [-0.3, -0.25) is 4.90 Å². The highest BCUT2D eigenvalue weighted by Crippen LogP contribution is 2.32. The van der Waals surface area contributed by atoms with Gasteiger partial charge in [-0.2, -0.15) is 0 Å². The van der Waals surface area contributed by atoms with Gasteiger partial charge in [0.15, 0.2) is 0 Å². The zero-order valence-electron chi connectivity index (χ0n) is 10.8. The van der Waals surface area contributed by atoms with Crippen molar-refractivity contribution < 1.29 is 14.6 Å². The number of morpholine rings is 1. The average molecular weight is 243 g/mol. The highest BCUT2D eigenvalue weighted by Gasteiger charge is 2.37. The molecular formula is C13H25NO3. The molecule has 3 atom stereocenters. The summed E-state index contributed by atoms with van der Waals surface area (Å²) in [5.41, 5.74) is 0. The first-order valence-electron chi connectivity index (χ1n) is 6.90. The molecule has 0 aromatic rings. The normalized spacial score (nSPS) is 35.3. The molecule has 2 fully saturated rings. The van der Waals surface area contributed by atoms with E-state index >= 15 is 0 Å². The number of hydrogen-bond donors (Lipinski definition) is 1. The molecule has 1 N–H and O–H groups in total. The molecule has 4 heteroatoms. The molecule has 0 aromatic carbocycles. The van der Waals surface area contributed by atoms with Crippen LogP contribution in [0.3, 0.4) is 0 Å². The third kappa shape index (κ3) is 3.41. The van der Waals surface area contributed by atoms with Crippen LogP contribution in [0, 0.1) is 5.92 Å². The number of aliphatic hydroxyl groups is 1. The topological polar surface area (TPSA) is 41.9 Å². The number of aliphatic hydroxyl groups excluding tert-OH is 1. The molecule has 0 aromatic heterocycles. The maximum atomic E-state index is 10.0. The molecule has 3 unspecified atom stereocenters. The highest BCUT2D eigenvalue weighted by molar-refractivity contribution is 4.89. The Morgan fingerprint density at radius 2 is 2.29 bits per heavy atom. The Morgan fingerprint density at radius 1 is 1.41 bits per heavy atom. The predicted molar refractivity (Wildman–Crippen MR) is 66.0 cm³/mol. The Morgan fingerprint density at radius 3 is 3.00 bits per heavy atom. The Bertz CT molecular complexity index is 225.